The molecule has 2 N–H and O–H groups in total. The Labute approximate surface area is 116 Å². The van der Waals surface area contributed by atoms with Crippen molar-refractivity contribution < 1.29 is 5.11 Å². The van der Waals surface area contributed by atoms with E-state index in [9.17, 15) is 0 Å². The number of fused-ring (bicyclic) bond motifs is 2. The number of aliphatic hydroxyl groups is 1. The molecule has 2 aliphatic carbocycles. The Balaban J connectivity index is 1.75. The summed E-state index contributed by atoms with van der Waals surface area (Å²) in [7, 11) is 0. The normalized spacial score (nSPS) is 37.3. The van der Waals surface area contributed by atoms with Gasteiger partial charge in [-0.05, 0) is 48.2 Å². The lowest BCUT2D eigenvalue weighted by Gasteiger charge is -2.43. The molecule has 0 heterocycles. The number of nitrogens with one attached hydrogen (secondary N) is 1. The lowest BCUT2D eigenvalue weighted by Crippen LogP contribution is -2.50. The summed E-state index contributed by atoms with van der Waals surface area (Å²) < 4.78 is 0. The average Bonchev–Trinajstić information content (AvgIpc) is 2.78. The summed E-state index contributed by atoms with van der Waals surface area (Å²) in [5.74, 6) is 3.20. The lowest BCUT2D eigenvalue weighted by atomic mass is 9.68. The predicted molar refractivity (Wildman–Crippen MR) is 80.0 cm³/mol. The van der Waals surface area contributed by atoms with Crippen molar-refractivity contribution in [2.75, 3.05) is 24.7 Å². The summed E-state index contributed by atoms with van der Waals surface area (Å²) in [5.41, 5.74) is 1.02. The third-order valence-electron chi connectivity index (χ3n) is 5.31. The van der Waals surface area contributed by atoms with Crippen LogP contribution in [0.3, 0.4) is 0 Å². The van der Waals surface area contributed by atoms with Gasteiger partial charge in [-0.25, -0.2) is 0 Å². The number of rotatable bonds is 7. The SMILES string of the molecule is CC12CCC(C1)C(C)(C)C2NCCSCCCO. The van der Waals surface area contributed by atoms with Crippen LogP contribution in [0.15, 0.2) is 0 Å². The van der Waals surface area contributed by atoms with E-state index in [0.717, 1.165) is 24.6 Å². The molecule has 2 nitrogen and oxygen atoms in total. The molecule has 3 unspecified atom stereocenters. The molecule has 0 aliphatic heterocycles. The van der Waals surface area contributed by atoms with Gasteiger partial charge < -0.3 is 10.4 Å². The topological polar surface area (TPSA) is 32.3 Å². The molecule has 18 heavy (non-hydrogen) atoms. The number of hydrogen-bond acceptors (Lipinski definition) is 3. The summed E-state index contributed by atoms with van der Waals surface area (Å²) in [5, 5.41) is 12.6. The molecule has 0 radical (unpaired) electrons. The van der Waals surface area contributed by atoms with Crippen LogP contribution in [-0.2, 0) is 0 Å². The van der Waals surface area contributed by atoms with Crippen molar-refractivity contribution in [1.82, 2.24) is 5.32 Å². The van der Waals surface area contributed by atoms with Crippen LogP contribution in [-0.4, -0.2) is 35.8 Å². The summed E-state index contributed by atoms with van der Waals surface area (Å²) in [6.07, 6.45) is 5.21. The van der Waals surface area contributed by atoms with Gasteiger partial charge in [-0.2, -0.15) is 11.8 Å². The molecule has 0 saturated heterocycles. The largest absolute Gasteiger partial charge is 0.396 e. The molecule has 3 heteroatoms. The van der Waals surface area contributed by atoms with Gasteiger partial charge in [0.15, 0.2) is 0 Å². The van der Waals surface area contributed by atoms with Crippen LogP contribution in [0, 0.1) is 16.7 Å². The quantitative estimate of drug-likeness (QED) is 0.698. The van der Waals surface area contributed by atoms with E-state index in [1.807, 2.05) is 11.8 Å². The van der Waals surface area contributed by atoms with Gasteiger partial charge in [0.1, 0.15) is 0 Å². The van der Waals surface area contributed by atoms with E-state index in [4.69, 9.17) is 5.11 Å². The molecule has 106 valence electrons. The fourth-order valence-electron chi connectivity index (χ4n) is 4.36. The highest BCUT2D eigenvalue weighted by Gasteiger charge is 2.58. The highest BCUT2D eigenvalue weighted by atomic mass is 32.2. The molecule has 2 aliphatic rings. The summed E-state index contributed by atoms with van der Waals surface area (Å²) in [6, 6.07) is 0.696. The molecular weight excluding hydrogens is 242 g/mol. The van der Waals surface area contributed by atoms with Crippen LogP contribution in [0.4, 0.5) is 0 Å². The zero-order valence-corrected chi connectivity index (χ0v) is 13.0. The number of hydrogen-bond donors (Lipinski definition) is 2. The first-order valence-corrected chi connectivity index (χ1v) is 8.58. The van der Waals surface area contributed by atoms with Crippen molar-refractivity contribution in [1.29, 1.82) is 0 Å². The standard InChI is InChI=1S/C15H29NOS/c1-14(2)12-5-6-15(3,11-12)13(14)16-7-10-18-9-4-8-17/h12-13,16-17H,4-11H2,1-3H3. The number of aliphatic hydroxyl groups excluding tert-OH is 1. The molecule has 0 amide bonds. The first-order chi connectivity index (χ1) is 8.50. The fourth-order valence-corrected chi connectivity index (χ4v) is 5.16. The van der Waals surface area contributed by atoms with E-state index in [2.05, 4.69) is 26.1 Å². The van der Waals surface area contributed by atoms with Gasteiger partial charge >= 0.3 is 0 Å². The minimum atomic E-state index is 0.329. The first-order valence-electron chi connectivity index (χ1n) is 7.43. The zero-order valence-electron chi connectivity index (χ0n) is 12.2. The second-order valence-electron chi connectivity index (χ2n) is 6.99. The van der Waals surface area contributed by atoms with Crippen LogP contribution >= 0.6 is 11.8 Å². The molecule has 2 saturated carbocycles. The fraction of sp³-hybridized carbons (Fsp3) is 1.00. The summed E-state index contributed by atoms with van der Waals surface area (Å²) in [4.78, 5) is 0. The summed E-state index contributed by atoms with van der Waals surface area (Å²) >= 11 is 1.96. The molecule has 0 aromatic heterocycles. The van der Waals surface area contributed by atoms with Crippen molar-refractivity contribution in [2.45, 2.75) is 52.5 Å². The van der Waals surface area contributed by atoms with Gasteiger partial charge in [0.05, 0.1) is 0 Å². The van der Waals surface area contributed by atoms with Crippen LogP contribution in [0.2, 0.25) is 0 Å². The van der Waals surface area contributed by atoms with Gasteiger partial charge in [0, 0.05) is 24.9 Å². The molecule has 2 bridgehead atoms. The van der Waals surface area contributed by atoms with Crippen molar-refractivity contribution >= 4 is 11.8 Å². The average molecular weight is 271 g/mol. The molecule has 0 aromatic carbocycles. The Kier molecular flexibility index (Phi) is 4.66. The summed E-state index contributed by atoms with van der Waals surface area (Å²) in [6.45, 7) is 8.85. The van der Waals surface area contributed by atoms with Gasteiger partial charge in [-0.3, -0.25) is 0 Å². The third-order valence-corrected chi connectivity index (χ3v) is 6.38. The predicted octanol–water partition coefficient (Wildman–Crippen LogP) is 2.91. The van der Waals surface area contributed by atoms with E-state index >= 15 is 0 Å². The molecule has 2 fully saturated rings. The van der Waals surface area contributed by atoms with E-state index in [1.54, 1.807) is 0 Å². The van der Waals surface area contributed by atoms with Gasteiger partial charge in [0.25, 0.3) is 0 Å². The van der Waals surface area contributed by atoms with Crippen molar-refractivity contribution in [3.63, 3.8) is 0 Å². The minimum Gasteiger partial charge on any atom is -0.396 e. The highest BCUT2D eigenvalue weighted by molar-refractivity contribution is 7.99. The second-order valence-corrected chi connectivity index (χ2v) is 8.22. The highest BCUT2D eigenvalue weighted by Crippen LogP contribution is 2.62. The van der Waals surface area contributed by atoms with E-state index in [0.29, 0.717) is 23.5 Å². The Morgan fingerprint density at radius 2 is 2.06 bits per heavy atom. The maximum atomic E-state index is 8.74. The Morgan fingerprint density at radius 3 is 2.67 bits per heavy atom. The van der Waals surface area contributed by atoms with E-state index < -0.39 is 0 Å². The van der Waals surface area contributed by atoms with E-state index in [1.165, 1.54) is 25.0 Å². The van der Waals surface area contributed by atoms with Crippen molar-refractivity contribution in [3.8, 4) is 0 Å². The molecule has 0 aromatic rings. The number of thioether (sulfide) groups is 1. The third kappa shape index (κ3) is 2.73. The second kappa shape index (κ2) is 5.72. The van der Waals surface area contributed by atoms with Gasteiger partial charge in [-0.1, -0.05) is 20.8 Å². The molecule has 3 atom stereocenters. The van der Waals surface area contributed by atoms with Crippen molar-refractivity contribution in [3.05, 3.63) is 0 Å². The smallest absolute Gasteiger partial charge is 0.0438 e. The minimum absolute atomic E-state index is 0.329. The van der Waals surface area contributed by atoms with E-state index in [-0.39, 0.29) is 0 Å². The Hall–Kier alpha value is 0.270. The Bertz CT molecular complexity index is 277. The maximum Gasteiger partial charge on any atom is 0.0438 e. The van der Waals surface area contributed by atoms with Crippen LogP contribution in [0.5, 0.6) is 0 Å². The van der Waals surface area contributed by atoms with Gasteiger partial charge in [0.2, 0.25) is 0 Å². The molecule has 0 spiro atoms. The lowest BCUT2D eigenvalue weighted by molar-refractivity contribution is 0.111. The van der Waals surface area contributed by atoms with Crippen LogP contribution in [0.1, 0.15) is 46.5 Å². The van der Waals surface area contributed by atoms with Crippen LogP contribution < -0.4 is 5.32 Å². The van der Waals surface area contributed by atoms with Crippen LogP contribution in [0.25, 0.3) is 0 Å². The zero-order chi connectivity index (χ0) is 13.2. The first kappa shape index (κ1) is 14.7. The van der Waals surface area contributed by atoms with Gasteiger partial charge in [-0.15, -0.1) is 0 Å². The molecular formula is C15H29NOS. The van der Waals surface area contributed by atoms with Crippen molar-refractivity contribution in [2.24, 2.45) is 16.7 Å². The Morgan fingerprint density at radius 1 is 1.28 bits per heavy atom. The molecule has 2 rings (SSSR count). The monoisotopic (exact) mass is 271 g/mol. The maximum absolute atomic E-state index is 8.74.